The van der Waals surface area contributed by atoms with Gasteiger partial charge in [-0.15, -0.1) is 0 Å². The Kier molecular flexibility index (Phi) is 4.42. The molecular weight excluding hydrogens is 343 g/mol. The summed E-state index contributed by atoms with van der Waals surface area (Å²) in [6.07, 6.45) is 0.847. The van der Waals surface area contributed by atoms with Gasteiger partial charge in [-0.1, -0.05) is 18.2 Å². The second kappa shape index (κ2) is 7.03. The molecule has 3 aromatic carbocycles. The van der Waals surface area contributed by atoms with E-state index >= 15 is 0 Å². The Labute approximate surface area is 156 Å². The average molecular weight is 360 g/mol. The number of rotatable bonds is 3. The fourth-order valence-corrected chi connectivity index (χ4v) is 3.21. The Morgan fingerprint density at radius 3 is 2.26 bits per heavy atom. The highest BCUT2D eigenvalue weighted by atomic mass is 19.1. The summed E-state index contributed by atoms with van der Waals surface area (Å²) in [5.74, 6) is -0.753. The monoisotopic (exact) mass is 360 g/mol. The van der Waals surface area contributed by atoms with Crippen molar-refractivity contribution in [1.29, 1.82) is 0 Å². The van der Waals surface area contributed by atoms with Crippen LogP contribution in [-0.2, 0) is 6.42 Å². The predicted molar refractivity (Wildman–Crippen MR) is 103 cm³/mol. The molecule has 0 unspecified atom stereocenters. The molecule has 2 amide bonds. The summed E-state index contributed by atoms with van der Waals surface area (Å²) in [6, 6.07) is 20.0. The number of benzene rings is 3. The topological polar surface area (TPSA) is 49.4 Å². The minimum Gasteiger partial charge on any atom is -0.322 e. The van der Waals surface area contributed by atoms with Crippen LogP contribution in [0.4, 0.5) is 15.8 Å². The van der Waals surface area contributed by atoms with E-state index in [0.29, 0.717) is 23.4 Å². The second-order valence-corrected chi connectivity index (χ2v) is 6.37. The van der Waals surface area contributed by atoms with E-state index in [-0.39, 0.29) is 17.6 Å². The van der Waals surface area contributed by atoms with E-state index in [0.717, 1.165) is 12.1 Å². The van der Waals surface area contributed by atoms with E-state index in [4.69, 9.17) is 0 Å². The lowest BCUT2D eigenvalue weighted by molar-refractivity contribution is 0.0986. The van der Waals surface area contributed by atoms with E-state index in [9.17, 15) is 14.0 Å². The third kappa shape index (κ3) is 3.44. The molecule has 1 heterocycles. The van der Waals surface area contributed by atoms with Gasteiger partial charge in [-0.3, -0.25) is 9.59 Å². The molecule has 4 rings (SSSR count). The zero-order chi connectivity index (χ0) is 18.8. The van der Waals surface area contributed by atoms with Gasteiger partial charge in [0.1, 0.15) is 5.82 Å². The second-order valence-electron chi connectivity index (χ2n) is 6.37. The van der Waals surface area contributed by atoms with Crippen LogP contribution in [0.5, 0.6) is 0 Å². The van der Waals surface area contributed by atoms with Gasteiger partial charge in [0.15, 0.2) is 0 Å². The molecule has 0 atom stereocenters. The lowest BCUT2D eigenvalue weighted by atomic mass is 10.1. The van der Waals surface area contributed by atoms with Crippen molar-refractivity contribution in [3.63, 3.8) is 0 Å². The third-order valence-electron chi connectivity index (χ3n) is 4.63. The Hall–Kier alpha value is -3.47. The molecule has 1 N–H and O–H groups in total. The summed E-state index contributed by atoms with van der Waals surface area (Å²) >= 11 is 0. The molecule has 0 spiro atoms. The van der Waals surface area contributed by atoms with Crippen molar-refractivity contribution in [2.45, 2.75) is 6.42 Å². The number of para-hydroxylation sites is 1. The molecule has 134 valence electrons. The Morgan fingerprint density at radius 2 is 1.52 bits per heavy atom. The molecule has 0 saturated heterocycles. The maximum absolute atomic E-state index is 12.9. The number of halogens is 1. The SMILES string of the molecule is O=C(Nc1ccc(F)cc1)c1ccc(C(=O)N2CCc3ccccc32)cc1. The molecule has 0 aromatic heterocycles. The molecule has 1 aliphatic rings. The van der Waals surface area contributed by atoms with Crippen LogP contribution >= 0.6 is 0 Å². The summed E-state index contributed by atoms with van der Waals surface area (Å²) in [4.78, 5) is 26.9. The van der Waals surface area contributed by atoms with Crippen LogP contribution in [0.15, 0.2) is 72.8 Å². The van der Waals surface area contributed by atoms with Gasteiger partial charge in [0.25, 0.3) is 11.8 Å². The number of carbonyl (C=O) groups excluding carboxylic acids is 2. The van der Waals surface area contributed by atoms with Gasteiger partial charge in [0.05, 0.1) is 0 Å². The van der Waals surface area contributed by atoms with Crippen molar-refractivity contribution >= 4 is 23.2 Å². The molecule has 0 radical (unpaired) electrons. The van der Waals surface area contributed by atoms with Crippen molar-refractivity contribution in [2.24, 2.45) is 0 Å². The van der Waals surface area contributed by atoms with E-state index in [1.807, 2.05) is 24.3 Å². The first-order chi connectivity index (χ1) is 13.1. The zero-order valence-corrected chi connectivity index (χ0v) is 14.5. The van der Waals surface area contributed by atoms with Gasteiger partial charge < -0.3 is 10.2 Å². The fourth-order valence-electron chi connectivity index (χ4n) is 3.21. The summed E-state index contributed by atoms with van der Waals surface area (Å²) in [5.41, 5.74) is 3.58. The zero-order valence-electron chi connectivity index (χ0n) is 14.5. The van der Waals surface area contributed by atoms with Crippen LogP contribution in [0.3, 0.4) is 0 Å². The molecule has 0 bridgehead atoms. The highest BCUT2D eigenvalue weighted by molar-refractivity contribution is 6.09. The largest absolute Gasteiger partial charge is 0.322 e. The van der Waals surface area contributed by atoms with Gasteiger partial charge in [-0.05, 0) is 66.6 Å². The number of amides is 2. The Morgan fingerprint density at radius 1 is 0.852 bits per heavy atom. The number of anilines is 2. The van der Waals surface area contributed by atoms with Crippen molar-refractivity contribution in [1.82, 2.24) is 0 Å². The maximum atomic E-state index is 12.9. The van der Waals surface area contributed by atoms with Crippen molar-refractivity contribution < 1.29 is 14.0 Å². The summed E-state index contributed by atoms with van der Waals surface area (Å²) in [5, 5.41) is 2.70. The van der Waals surface area contributed by atoms with Crippen molar-refractivity contribution in [3.05, 3.63) is 95.3 Å². The summed E-state index contributed by atoms with van der Waals surface area (Å²) in [7, 11) is 0. The number of hydrogen-bond acceptors (Lipinski definition) is 2. The van der Waals surface area contributed by atoms with Crippen LogP contribution in [0.2, 0.25) is 0 Å². The fraction of sp³-hybridized carbons (Fsp3) is 0.0909. The van der Waals surface area contributed by atoms with Gasteiger partial charge >= 0.3 is 0 Å². The normalized spacial score (nSPS) is 12.6. The van der Waals surface area contributed by atoms with Crippen LogP contribution in [0, 0.1) is 5.82 Å². The molecule has 3 aromatic rings. The van der Waals surface area contributed by atoms with Crippen LogP contribution < -0.4 is 10.2 Å². The lowest BCUT2D eigenvalue weighted by Gasteiger charge is -2.17. The number of nitrogens with zero attached hydrogens (tertiary/aromatic N) is 1. The number of nitrogens with one attached hydrogen (secondary N) is 1. The summed E-state index contributed by atoms with van der Waals surface area (Å²) < 4.78 is 12.9. The summed E-state index contributed by atoms with van der Waals surface area (Å²) in [6.45, 7) is 0.658. The number of fused-ring (bicyclic) bond motifs is 1. The van der Waals surface area contributed by atoms with E-state index < -0.39 is 0 Å². The Bertz CT molecular complexity index is 998. The molecule has 0 saturated carbocycles. The first kappa shape index (κ1) is 17.0. The van der Waals surface area contributed by atoms with Gasteiger partial charge in [-0.2, -0.15) is 0 Å². The quantitative estimate of drug-likeness (QED) is 0.758. The highest BCUT2D eigenvalue weighted by Gasteiger charge is 2.25. The lowest BCUT2D eigenvalue weighted by Crippen LogP contribution is -2.28. The van der Waals surface area contributed by atoms with Gasteiger partial charge in [0.2, 0.25) is 0 Å². The average Bonchev–Trinajstić information content (AvgIpc) is 3.13. The molecule has 0 aliphatic carbocycles. The maximum Gasteiger partial charge on any atom is 0.258 e. The van der Waals surface area contributed by atoms with E-state index in [1.54, 1.807) is 29.2 Å². The Balaban J connectivity index is 1.48. The molecular formula is C22H17FN2O2. The first-order valence-electron chi connectivity index (χ1n) is 8.68. The molecule has 4 nitrogen and oxygen atoms in total. The highest BCUT2D eigenvalue weighted by Crippen LogP contribution is 2.28. The smallest absolute Gasteiger partial charge is 0.258 e. The standard InChI is InChI=1S/C22H17FN2O2/c23-18-9-11-19(12-10-18)24-21(26)16-5-7-17(8-6-16)22(27)25-14-13-15-3-1-2-4-20(15)25/h1-12H,13-14H2,(H,24,26). The molecule has 1 aliphatic heterocycles. The predicted octanol–water partition coefficient (Wildman–Crippen LogP) is 4.28. The van der Waals surface area contributed by atoms with Gasteiger partial charge in [0, 0.05) is 29.0 Å². The van der Waals surface area contributed by atoms with E-state index in [1.165, 1.54) is 29.8 Å². The van der Waals surface area contributed by atoms with Crippen LogP contribution in [0.25, 0.3) is 0 Å². The third-order valence-corrected chi connectivity index (χ3v) is 4.63. The van der Waals surface area contributed by atoms with Crippen molar-refractivity contribution in [3.8, 4) is 0 Å². The van der Waals surface area contributed by atoms with Crippen LogP contribution in [-0.4, -0.2) is 18.4 Å². The van der Waals surface area contributed by atoms with E-state index in [2.05, 4.69) is 5.32 Å². The number of carbonyl (C=O) groups is 2. The van der Waals surface area contributed by atoms with Gasteiger partial charge in [-0.25, -0.2) is 4.39 Å². The molecule has 27 heavy (non-hydrogen) atoms. The minimum absolute atomic E-state index is 0.0783. The molecule has 0 fully saturated rings. The number of hydrogen-bond donors (Lipinski definition) is 1. The minimum atomic E-state index is -0.362. The van der Waals surface area contributed by atoms with Crippen molar-refractivity contribution in [2.75, 3.05) is 16.8 Å². The first-order valence-corrected chi connectivity index (χ1v) is 8.68. The van der Waals surface area contributed by atoms with Crippen LogP contribution in [0.1, 0.15) is 26.3 Å². The molecule has 5 heteroatoms.